The topological polar surface area (TPSA) is 78.9 Å². The summed E-state index contributed by atoms with van der Waals surface area (Å²) in [6.07, 6.45) is 100. The summed E-state index contributed by atoms with van der Waals surface area (Å²) in [5.74, 6) is -1.06. The Bertz CT molecular complexity index is 1900. The van der Waals surface area contributed by atoms with Crippen LogP contribution in [0.25, 0.3) is 0 Å². The van der Waals surface area contributed by atoms with Crippen molar-refractivity contribution in [2.24, 2.45) is 0 Å². The zero-order valence-corrected chi connectivity index (χ0v) is 51.7. The van der Waals surface area contributed by atoms with Crippen molar-refractivity contribution in [2.75, 3.05) is 13.2 Å². The smallest absolute Gasteiger partial charge is 0.306 e. The number of hydrogen-bond donors (Lipinski definition) is 0. The number of hydrogen-bond acceptors (Lipinski definition) is 6. The average Bonchev–Trinajstić information content (AvgIpc) is 3.47. The van der Waals surface area contributed by atoms with Gasteiger partial charge in [0.1, 0.15) is 13.2 Å². The zero-order valence-electron chi connectivity index (χ0n) is 51.7. The van der Waals surface area contributed by atoms with Gasteiger partial charge in [-0.15, -0.1) is 0 Å². The van der Waals surface area contributed by atoms with E-state index in [-0.39, 0.29) is 38.0 Å². The average molecular weight is 1110 g/mol. The molecule has 0 aromatic rings. The predicted octanol–water partition coefficient (Wildman–Crippen LogP) is 22.4. The lowest BCUT2D eigenvalue weighted by molar-refractivity contribution is -0.167. The lowest BCUT2D eigenvalue weighted by Gasteiger charge is -2.18. The van der Waals surface area contributed by atoms with Crippen LogP contribution in [0.5, 0.6) is 0 Å². The summed E-state index contributed by atoms with van der Waals surface area (Å²) < 4.78 is 16.8. The quantitative estimate of drug-likeness (QED) is 0.0261. The SMILES string of the molecule is CC/C=C\C/C=C\C/C=C\C/C=C\C/C=C\C/C=C\C/C=C\CCCC(=O)OCC(COC(=O)CCCCCCCCC/C=C\CCCCCCCC)OC(=O)CCC/C=C\C/C=C\C/C=C\C/C=C\C/C=C\C/C=C\C/C=C\CC. The van der Waals surface area contributed by atoms with Crippen LogP contribution in [0.4, 0.5) is 0 Å². The van der Waals surface area contributed by atoms with Gasteiger partial charge in [-0.1, -0.05) is 267 Å². The number of ether oxygens (including phenoxy) is 3. The molecule has 0 N–H and O–H groups in total. The Morgan fingerprint density at radius 3 is 0.815 bits per heavy atom. The minimum atomic E-state index is -0.847. The van der Waals surface area contributed by atoms with Crippen LogP contribution in [0.3, 0.4) is 0 Å². The molecule has 0 saturated carbocycles. The van der Waals surface area contributed by atoms with Crippen molar-refractivity contribution in [3.05, 3.63) is 182 Å². The summed E-state index contributed by atoms with van der Waals surface area (Å²) in [5, 5.41) is 0. The van der Waals surface area contributed by atoms with Crippen molar-refractivity contribution in [3.8, 4) is 0 Å². The number of allylic oxidation sites excluding steroid dienone is 30. The van der Waals surface area contributed by atoms with E-state index in [1.165, 1.54) is 77.0 Å². The van der Waals surface area contributed by atoms with Crippen LogP contribution in [0.1, 0.15) is 252 Å². The summed E-state index contributed by atoms with van der Waals surface area (Å²) >= 11 is 0. The minimum absolute atomic E-state index is 0.131. The van der Waals surface area contributed by atoms with Gasteiger partial charge in [0.05, 0.1) is 0 Å². The first kappa shape index (κ1) is 75.5. The molecule has 6 nitrogen and oxygen atoms in total. The van der Waals surface area contributed by atoms with Crippen molar-refractivity contribution in [1.82, 2.24) is 0 Å². The van der Waals surface area contributed by atoms with Crippen molar-refractivity contribution < 1.29 is 28.6 Å². The molecule has 0 bridgehead atoms. The van der Waals surface area contributed by atoms with E-state index in [1.54, 1.807) is 0 Å². The summed E-state index contributed by atoms with van der Waals surface area (Å²) in [7, 11) is 0. The fraction of sp³-hybridized carbons (Fsp3) is 0.560. The normalized spacial score (nSPS) is 13.4. The van der Waals surface area contributed by atoms with Crippen LogP contribution < -0.4 is 0 Å². The molecule has 452 valence electrons. The molecule has 81 heavy (non-hydrogen) atoms. The molecule has 0 aliphatic carbocycles. The van der Waals surface area contributed by atoms with Crippen LogP contribution in [-0.2, 0) is 28.6 Å². The highest BCUT2D eigenvalue weighted by Crippen LogP contribution is 2.13. The van der Waals surface area contributed by atoms with Gasteiger partial charge in [0, 0.05) is 19.3 Å². The van der Waals surface area contributed by atoms with E-state index in [4.69, 9.17) is 14.2 Å². The van der Waals surface area contributed by atoms with Gasteiger partial charge in [-0.05, 0) is 148 Å². The lowest BCUT2D eigenvalue weighted by Crippen LogP contribution is -2.30. The summed E-state index contributed by atoms with van der Waals surface area (Å²) in [5.41, 5.74) is 0. The lowest BCUT2D eigenvalue weighted by atomic mass is 10.1. The highest BCUT2D eigenvalue weighted by atomic mass is 16.6. The monoisotopic (exact) mass is 1110 g/mol. The van der Waals surface area contributed by atoms with Gasteiger partial charge in [0.2, 0.25) is 0 Å². The number of carbonyl (C=O) groups is 3. The first-order valence-corrected chi connectivity index (χ1v) is 32.3. The van der Waals surface area contributed by atoms with E-state index in [9.17, 15) is 14.4 Å². The van der Waals surface area contributed by atoms with Crippen LogP contribution in [-0.4, -0.2) is 37.2 Å². The van der Waals surface area contributed by atoms with E-state index in [0.29, 0.717) is 19.3 Å². The molecule has 0 radical (unpaired) electrons. The molecular weight excluding hydrogens is 997 g/mol. The Kier molecular flexibility index (Phi) is 62.5. The first-order chi connectivity index (χ1) is 40.0. The molecule has 0 aromatic carbocycles. The van der Waals surface area contributed by atoms with Crippen molar-refractivity contribution in [3.63, 3.8) is 0 Å². The first-order valence-electron chi connectivity index (χ1n) is 32.3. The summed E-state index contributed by atoms with van der Waals surface area (Å²) in [6.45, 7) is 6.30. The number of esters is 3. The maximum atomic E-state index is 12.9. The molecule has 1 unspecified atom stereocenters. The Morgan fingerprint density at radius 2 is 0.494 bits per heavy atom. The van der Waals surface area contributed by atoms with Crippen LogP contribution in [0.15, 0.2) is 182 Å². The third-order valence-corrected chi connectivity index (χ3v) is 12.9. The second-order valence-corrected chi connectivity index (χ2v) is 20.5. The van der Waals surface area contributed by atoms with Gasteiger partial charge in [-0.2, -0.15) is 0 Å². The van der Waals surface area contributed by atoms with E-state index in [1.807, 2.05) is 0 Å². The second kappa shape index (κ2) is 67.0. The third-order valence-electron chi connectivity index (χ3n) is 12.9. The molecule has 1 atom stereocenters. The fourth-order valence-electron chi connectivity index (χ4n) is 8.12. The number of unbranched alkanes of at least 4 members (excludes halogenated alkanes) is 15. The van der Waals surface area contributed by atoms with Crippen LogP contribution in [0.2, 0.25) is 0 Å². The molecule has 0 heterocycles. The molecule has 0 aromatic heterocycles. The Labute approximate surface area is 497 Å². The molecule has 0 rings (SSSR count). The number of carbonyl (C=O) groups excluding carboxylic acids is 3. The summed E-state index contributed by atoms with van der Waals surface area (Å²) in [6, 6.07) is 0. The molecule has 0 aliphatic rings. The standard InChI is InChI=1S/C75H116O6/c1-4-7-10-13-16-19-22-25-28-31-33-35-37-39-41-44-47-50-53-56-59-62-65-68-74(77)80-71-72(70-79-73(76)67-64-61-58-55-52-49-46-43-30-27-24-21-18-15-12-9-6-3)81-75(78)69-66-63-60-57-54-51-48-45-42-40-38-36-34-32-29-26-23-20-17-14-11-8-5-2/h7-8,10-11,16-17,19-20,25-30,33-36,39-42,47-48,50-51,56-57,59-60,72H,4-6,9,12-15,18,21-24,31-32,37-38,43-46,49,52-55,58,61-71H2,1-3H3/b10-7-,11-8-,19-16-,20-17-,28-25-,29-26-,30-27-,35-33-,36-34-,41-39-,42-40-,50-47-,51-48-,59-56-,60-57-. The predicted molar refractivity (Wildman–Crippen MR) is 352 cm³/mol. The van der Waals surface area contributed by atoms with Gasteiger partial charge < -0.3 is 14.2 Å². The van der Waals surface area contributed by atoms with Crippen LogP contribution >= 0.6 is 0 Å². The van der Waals surface area contributed by atoms with Gasteiger partial charge in [-0.25, -0.2) is 0 Å². The van der Waals surface area contributed by atoms with E-state index >= 15 is 0 Å². The van der Waals surface area contributed by atoms with Crippen molar-refractivity contribution >= 4 is 17.9 Å². The van der Waals surface area contributed by atoms with Crippen molar-refractivity contribution in [1.29, 1.82) is 0 Å². The van der Waals surface area contributed by atoms with E-state index in [0.717, 1.165) is 122 Å². The molecule has 0 amide bonds. The van der Waals surface area contributed by atoms with Gasteiger partial charge >= 0.3 is 17.9 Å². The fourth-order valence-corrected chi connectivity index (χ4v) is 8.12. The Balaban J connectivity index is 4.63. The van der Waals surface area contributed by atoms with Crippen LogP contribution in [0, 0.1) is 0 Å². The Hall–Kier alpha value is -5.49. The van der Waals surface area contributed by atoms with E-state index < -0.39 is 12.1 Å². The van der Waals surface area contributed by atoms with Gasteiger partial charge in [-0.3, -0.25) is 14.4 Å². The molecule has 6 heteroatoms. The molecule has 0 fully saturated rings. The largest absolute Gasteiger partial charge is 0.462 e. The summed E-state index contributed by atoms with van der Waals surface area (Å²) in [4.78, 5) is 38.3. The third kappa shape index (κ3) is 65.2. The van der Waals surface area contributed by atoms with Crippen molar-refractivity contribution in [2.45, 2.75) is 258 Å². The molecule has 0 spiro atoms. The minimum Gasteiger partial charge on any atom is -0.462 e. The molecule has 0 saturated heterocycles. The maximum absolute atomic E-state index is 12.9. The second-order valence-electron chi connectivity index (χ2n) is 20.5. The maximum Gasteiger partial charge on any atom is 0.306 e. The highest BCUT2D eigenvalue weighted by Gasteiger charge is 2.19. The Morgan fingerprint density at radius 1 is 0.259 bits per heavy atom. The number of rotatable bonds is 56. The van der Waals surface area contributed by atoms with Gasteiger partial charge in [0.15, 0.2) is 6.10 Å². The molecule has 0 aliphatic heterocycles. The highest BCUT2D eigenvalue weighted by molar-refractivity contribution is 5.71. The van der Waals surface area contributed by atoms with E-state index in [2.05, 4.69) is 203 Å². The zero-order chi connectivity index (χ0) is 58.5. The van der Waals surface area contributed by atoms with Gasteiger partial charge in [0.25, 0.3) is 0 Å². The molecular formula is C75H116O6.